The maximum absolute atomic E-state index is 12.1. The summed E-state index contributed by atoms with van der Waals surface area (Å²) in [6.07, 6.45) is 4.92. The standard InChI is InChI=1S/C12H15N3OS/c13-11(17)9-4-5-10(14-8-9)12(16)15-6-2-1-3-7-15/h4-5,8H,1-3,6-7H2,(H2,13,17). The fourth-order valence-corrected chi connectivity index (χ4v) is 2.05. The molecule has 4 nitrogen and oxygen atoms in total. The summed E-state index contributed by atoms with van der Waals surface area (Å²) in [5, 5.41) is 0. The number of carbonyl (C=O) groups is 1. The van der Waals surface area contributed by atoms with E-state index in [2.05, 4.69) is 4.98 Å². The van der Waals surface area contributed by atoms with Gasteiger partial charge in [0, 0.05) is 24.8 Å². The number of pyridine rings is 1. The lowest BCUT2D eigenvalue weighted by molar-refractivity contribution is 0.0718. The van der Waals surface area contributed by atoms with Crippen molar-refractivity contribution in [3.8, 4) is 0 Å². The Bertz CT molecular complexity index is 424. The van der Waals surface area contributed by atoms with Crippen molar-refractivity contribution in [3.05, 3.63) is 29.6 Å². The number of amides is 1. The Morgan fingerprint density at radius 3 is 2.53 bits per heavy atom. The molecule has 1 aromatic heterocycles. The topological polar surface area (TPSA) is 59.2 Å². The second kappa shape index (κ2) is 5.23. The smallest absolute Gasteiger partial charge is 0.272 e. The molecule has 90 valence electrons. The number of hydrogen-bond donors (Lipinski definition) is 1. The van der Waals surface area contributed by atoms with E-state index < -0.39 is 0 Å². The molecular formula is C12H15N3OS. The molecule has 1 aliphatic heterocycles. The third-order valence-corrected chi connectivity index (χ3v) is 3.15. The van der Waals surface area contributed by atoms with E-state index in [9.17, 15) is 4.79 Å². The molecular weight excluding hydrogens is 234 g/mol. The zero-order chi connectivity index (χ0) is 12.3. The highest BCUT2D eigenvalue weighted by atomic mass is 32.1. The minimum absolute atomic E-state index is 0.000750. The summed E-state index contributed by atoms with van der Waals surface area (Å²) >= 11 is 4.84. The van der Waals surface area contributed by atoms with Crippen molar-refractivity contribution in [1.29, 1.82) is 0 Å². The Hall–Kier alpha value is -1.49. The average molecular weight is 249 g/mol. The maximum atomic E-state index is 12.1. The second-order valence-electron chi connectivity index (χ2n) is 4.15. The Kier molecular flexibility index (Phi) is 3.68. The number of hydrogen-bond acceptors (Lipinski definition) is 3. The zero-order valence-electron chi connectivity index (χ0n) is 9.56. The van der Waals surface area contributed by atoms with Gasteiger partial charge in [0.2, 0.25) is 0 Å². The SMILES string of the molecule is NC(=S)c1ccc(C(=O)N2CCCCC2)nc1. The van der Waals surface area contributed by atoms with Gasteiger partial charge in [-0.25, -0.2) is 0 Å². The predicted molar refractivity (Wildman–Crippen MR) is 69.9 cm³/mol. The first-order chi connectivity index (χ1) is 8.18. The molecule has 1 aliphatic rings. The van der Waals surface area contributed by atoms with E-state index in [1.165, 1.54) is 6.42 Å². The molecule has 0 aromatic carbocycles. The molecule has 5 heteroatoms. The fourth-order valence-electron chi connectivity index (χ4n) is 1.93. The zero-order valence-corrected chi connectivity index (χ0v) is 10.4. The molecule has 0 atom stereocenters. The summed E-state index contributed by atoms with van der Waals surface area (Å²) in [6, 6.07) is 3.43. The van der Waals surface area contributed by atoms with Crippen LogP contribution in [0.2, 0.25) is 0 Å². The van der Waals surface area contributed by atoms with Crippen LogP contribution in [0.25, 0.3) is 0 Å². The normalized spacial score (nSPS) is 15.6. The predicted octanol–water partition coefficient (Wildman–Crippen LogP) is 1.34. The minimum Gasteiger partial charge on any atom is -0.389 e. The van der Waals surface area contributed by atoms with E-state index in [0.29, 0.717) is 16.2 Å². The summed E-state index contributed by atoms with van der Waals surface area (Å²) < 4.78 is 0. The molecule has 0 unspecified atom stereocenters. The largest absolute Gasteiger partial charge is 0.389 e. The molecule has 1 aromatic rings. The van der Waals surface area contributed by atoms with E-state index in [1.54, 1.807) is 18.3 Å². The Morgan fingerprint density at radius 1 is 1.29 bits per heavy atom. The number of likely N-dealkylation sites (tertiary alicyclic amines) is 1. The molecule has 0 aliphatic carbocycles. The number of carbonyl (C=O) groups excluding carboxylic acids is 1. The number of thiocarbonyl (C=S) groups is 1. The molecule has 0 radical (unpaired) electrons. The van der Waals surface area contributed by atoms with Crippen LogP contribution in [-0.2, 0) is 0 Å². The van der Waals surface area contributed by atoms with Crippen molar-refractivity contribution in [2.45, 2.75) is 19.3 Å². The van der Waals surface area contributed by atoms with Crippen LogP contribution >= 0.6 is 12.2 Å². The van der Waals surface area contributed by atoms with Gasteiger partial charge in [0.05, 0.1) is 0 Å². The van der Waals surface area contributed by atoms with Crippen molar-refractivity contribution in [2.75, 3.05) is 13.1 Å². The van der Waals surface area contributed by atoms with Crippen molar-refractivity contribution in [3.63, 3.8) is 0 Å². The molecule has 2 rings (SSSR count). The van der Waals surface area contributed by atoms with Crippen molar-refractivity contribution in [1.82, 2.24) is 9.88 Å². The Labute approximate surface area is 106 Å². The lowest BCUT2D eigenvalue weighted by Gasteiger charge is -2.26. The van der Waals surface area contributed by atoms with Crippen LogP contribution in [-0.4, -0.2) is 33.9 Å². The maximum Gasteiger partial charge on any atom is 0.272 e. The van der Waals surface area contributed by atoms with Crippen molar-refractivity contribution < 1.29 is 4.79 Å². The van der Waals surface area contributed by atoms with Gasteiger partial charge in [-0.05, 0) is 31.4 Å². The van der Waals surface area contributed by atoms with Crippen LogP contribution in [0.15, 0.2) is 18.3 Å². The lowest BCUT2D eigenvalue weighted by Crippen LogP contribution is -2.36. The van der Waals surface area contributed by atoms with E-state index >= 15 is 0 Å². The summed E-state index contributed by atoms with van der Waals surface area (Å²) in [5.74, 6) is -0.000750. The fraction of sp³-hybridized carbons (Fsp3) is 0.417. The van der Waals surface area contributed by atoms with Crippen LogP contribution in [0.5, 0.6) is 0 Å². The van der Waals surface area contributed by atoms with Crippen molar-refractivity contribution in [2.24, 2.45) is 5.73 Å². The molecule has 0 spiro atoms. The molecule has 17 heavy (non-hydrogen) atoms. The number of piperidine rings is 1. The third-order valence-electron chi connectivity index (χ3n) is 2.91. The van der Waals surface area contributed by atoms with Gasteiger partial charge in [0.1, 0.15) is 10.7 Å². The third kappa shape index (κ3) is 2.79. The second-order valence-corrected chi connectivity index (χ2v) is 4.59. The number of nitrogens with two attached hydrogens (primary N) is 1. The lowest BCUT2D eigenvalue weighted by atomic mass is 10.1. The van der Waals surface area contributed by atoms with E-state index in [0.717, 1.165) is 25.9 Å². The monoisotopic (exact) mass is 249 g/mol. The van der Waals surface area contributed by atoms with E-state index in [1.807, 2.05) is 4.90 Å². The highest BCUT2D eigenvalue weighted by molar-refractivity contribution is 7.80. The van der Waals surface area contributed by atoms with E-state index in [-0.39, 0.29) is 5.91 Å². The van der Waals surface area contributed by atoms with Crippen LogP contribution in [0.3, 0.4) is 0 Å². The summed E-state index contributed by atoms with van der Waals surface area (Å²) in [4.78, 5) is 18.4. The van der Waals surface area contributed by atoms with E-state index in [4.69, 9.17) is 18.0 Å². The van der Waals surface area contributed by atoms with Crippen LogP contribution < -0.4 is 5.73 Å². The minimum atomic E-state index is -0.000750. The first-order valence-electron chi connectivity index (χ1n) is 5.73. The molecule has 2 N–H and O–H groups in total. The van der Waals surface area contributed by atoms with Crippen LogP contribution in [0, 0.1) is 0 Å². The van der Waals surface area contributed by atoms with Crippen molar-refractivity contribution >= 4 is 23.1 Å². The number of aromatic nitrogens is 1. The molecule has 1 fully saturated rings. The Balaban J connectivity index is 2.10. The Morgan fingerprint density at radius 2 is 2.00 bits per heavy atom. The van der Waals surface area contributed by atoms with Crippen LogP contribution in [0.1, 0.15) is 35.3 Å². The highest BCUT2D eigenvalue weighted by Crippen LogP contribution is 2.12. The summed E-state index contributed by atoms with van der Waals surface area (Å²) in [5.41, 5.74) is 6.63. The molecule has 2 heterocycles. The van der Waals surface area contributed by atoms with Gasteiger partial charge in [-0.1, -0.05) is 12.2 Å². The number of rotatable bonds is 2. The van der Waals surface area contributed by atoms with Gasteiger partial charge in [-0.15, -0.1) is 0 Å². The molecule has 0 saturated carbocycles. The number of nitrogens with zero attached hydrogens (tertiary/aromatic N) is 2. The van der Waals surface area contributed by atoms with Gasteiger partial charge >= 0.3 is 0 Å². The molecule has 0 bridgehead atoms. The molecule has 1 saturated heterocycles. The van der Waals surface area contributed by atoms with Gasteiger partial charge in [0.15, 0.2) is 0 Å². The van der Waals surface area contributed by atoms with Gasteiger partial charge in [0.25, 0.3) is 5.91 Å². The first-order valence-corrected chi connectivity index (χ1v) is 6.14. The van der Waals surface area contributed by atoms with Crippen LogP contribution in [0.4, 0.5) is 0 Å². The summed E-state index contributed by atoms with van der Waals surface area (Å²) in [7, 11) is 0. The van der Waals surface area contributed by atoms with Gasteiger partial charge < -0.3 is 10.6 Å². The van der Waals surface area contributed by atoms with Gasteiger partial charge in [-0.3, -0.25) is 9.78 Å². The highest BCUT2D eigenvalue weighted by Gasteiger charge is 2.18. The molecule has 1 amide bonds. The average Bonchev–Trinajstić information content (AvgIpc) is 2.39. The first kappa shape index (κ1) is 12.0. The van der Waals surface area contributed by atoms with Gasteiger partial charge in [-0.2, -0.15) is 0 Å². The summed E-state index contributed by atoms with van der Waals surface area (Å²) in [6.45, 7) is 1.66. The quantitative estimate of drug-likeness (QED) is 0.804.